The molecule has 2 aromatic rings. The first-order chi connectivity index (χ1) is 10.8. The maximum absolute atomic E-state index is 9.23. The van der Waals surface area contributed by atoms with Crippen LogP contribution in [-0.4, -0.2) is 42.9 Å². The van der Waals surface area contributed by atoms with Gasteiger partial charge in [-0.1, -0.05) is 53.2 Å². The minimum Gasteiger partial charge on any atom is -0.410 e. The molecule has 22 heavy (non-hydrogen) atoms. The van der Waals surface area contributed by atoms with Crippen molar-refractivity contribution in [3.05, 3.63) is 35.9 Å². The predicted octanol–water partition coefficient (Wildman–Crippen LogP) is 1.42. The number of H-pyrrole nitrogens is 1. The quantitative estimate of drug-likeness (QED) is 0.165. The molecule has 0 fully saturated rings. The number of hydroxylamine groups is 1. The Hall–Kier alpha value is -2.83. The zero-order chi connectivity index (χ0) is 15.8. The van der Waals surface area contributed by atoms with E-state index >= 15 is 0 Å². The maximum atomic E-state index is 9.23. The van der Waals surface area contributed by atoms with Gasteiger partial charge in [0.2, 0.25) is 11.1 Å². The molecule has 0 aliphatic heterocycles. The summed E-state index contributed by atoms with van der Waals surface area (Å²) in [4.78, 5) is 8.10. The second-order valence-corrected chi connectivity index (χ2v) is 4.76. The third kappa shape index (κ3) is 3.85. The van der Waals surface area contributed by atoms with E-state index in [1.54, 1.807) is 24.3 Å². The highest BCUT2D eigenvalue weighted by Gasteiger charge is 2.13. The minimum atomic E-state index is -0.0849. The minimum absolute atomic E-state index is 0.0531. The summed E-state index contributed by atoms with van der Waals surface area (Å²) in [7, 11) is 0. The van der Waals surface area contributed by atoms with Gasteiger partial charge in [-0.05, 0) is 0 Å². The van der Waals surface area contributed by atoms with Gasteiger partial charge in [-0.25, -0.2) is 5.10 Å². The molecule has 8 nitrogen and oxygen atoms in total. The Morgan fingerprint density at radius 1 is 1.41 bits per heavy atom. The van der Waals surface area contributed by atoms with Gasteiger partial charge in [-0.2, -0.15) is 9.98 Å². The molecule has 0 aliphatic carbocycles. The molecule has 0 saturated carbocycles. The highest BCUT2D eigenvalue weighted by molar-refractivity contribution is 7.99. The monoisotopic (exact) mass is 316 g/mol. The number of hydrogen-bond acceptors (Lipinski definition) is 7. The Kier molecular flexibility index (Phi) is 5.53. The SMILES string of the molecule is C#CCSc1n[nH]c(N=C(NO)C(=NO)c2ccccc2)n1. The normalized spacial score (nSPS) is 12.0. The summed E-state index contributed by atoms with van der Waals surface area (Å²) in [6, 6.07) is 8.75. The fraction of sp³-hybridized carbons (Fsp3) is 0.0769. The number of aromatic nitrogens is 3. The average molecular weight is 316 g/mol. The number of aliphatic imine (C=N–C) groups is 1. The highest BCUT2D eigenvalue weighted by Crippen LogP contribution is 2.15. The largest absolute Gasteiger partial charge is 0.410 e. The number of terminal acetylenes is 1. The smallest absolute Gasteiger partial charge is 0.248 e. The van der Waals surface area contributed by atoms with E-state index in [0.717, 1.165) is 0 Å². The fourth-order valence-corrected chi connectivity index (χ4v) is 2.01. The molecule has 0 bridgehead atoms. The summed E-state index contributed by atoms with van der Waals surface area (Å²) in [6.45, 7) is 0. The molecule has 0 amide bonds. The molecule has 1 heterocycles. The summed E-state index contributed by atoms with van der Waals surface area (Å²) in [5.41, 5.74) is 2.50. The van der Waals surface area contributed by atoms with Crippen molar-refractivity contribution in [2.24, 2.45) is 10.1 Å². The molecular weight excluding hydrogens is 304 g/mol. The van der Waals surface area contributed by atoms with Crippen LogP contribution in [0.5, 0.6) is 0 Å². The molecule has 1 aromatic carbocycles. The molecule has 0 saturated heterocycles. The maximum Gasteiger partial charge on any atom is 0.248 e. The number of hydrogen-bond donors (Lipinski definition) is 4. The standard InChI is InChI=1S/C13H12N6O2S/c1-2-8-22-13-15-12(16-17-13)14-11(19-21)10(18-20)9-6-4-3-5-7-9/h1,3-7,20-21H,8H2,(H2,14,15,16,17,19). The molecule has 0 aliphatic rings. The van der Waals surface area contributed by atoms with Crippen LogP contribution in [0, 0.1) is 12.3 Å². The van der Waals surface area contributed by atoms with Crippen LogP contribution in [0.1, 0.15) is 5.56 Å². The number of oxime groups is 1. The summed E-state index contributed by atoms with van der Waals surface area (Å²) in [5.74, 6) is 2.93. The van der Waals surface area contributed by atoms with E-state index in [0.29, 0.717) is 16.5 Å². The van der Waals surface area contributed by atoms with Gasteiger partial charge in [0.05, 0.1) is 5.75 Å². The lowest BCUT2D eigenvalue weighted by Crippen LogP contribution is -2.29. The first kappa shape index (κ1) is 15.6. The zero-order valence-corrected chi connectivity index (χ0v) is 12.1. The topological polar surface area (TPSA) is 119 Å². The number of amidine groups is 1. The zero-order valence-electron chi connectivity index (χ0n) is 11.3. The van der Waals surface area contributed by atoms with Crippen LogP contribution in [0.25, 0.3) is 0 Å². The second kappa shape index (κ2) is 7.82. The van der Waals surface area contributed by atoms with Gasteiger partial charge in [0.25, 0.3) is 0 Å². The van der Waals surface area contributed by atoms with Crippen LogP contribution >= 0.6 is 11.8 Å². The first-order valence-corrected chi connectivity index (χ1v) is 7.02. The number of nitrogens with zero attached hydrogens (tertiary/aromatic N) is 4. The van der Waals surface area contributed by atoms with Crippen LogP contribution in [0.4, 0.5) is 5.95 Å². The molecule has 0 radical (unpaired) electrons. The van der Waals surface area contributed by atoms with Crippen molar-refractivity contribution in [3.8, 4) is 12.3 Å². The summed E-state index contributed by atoms with van der Waals surface area (Å²) in [6.07, 6.45) is 5.16. The number of thioether (sulfide) groups is 1. The van der Waals surface area contributed by atoms with Gasteiger partial charge in [0.1, 0.15) is 0 Å². The summed E-state index contributed by atoms with van der Waals surface area (Å²) < 4.78 is 0. The lowest BCUT2D eigenvalue weighted by molar-refractivity contribution is 0.236. The van der Waals surface area contributed by atoms with Crippen molar-refractivity contribution < 1.29 is 10.4 Å². The second-order valence-electron chi connectivity index (χ2n) is 3.82. The van der Waals surface area contributed by atoms with E-state index in [1.807, 2.05) is 11.5 Å². The third-order valence-corrected chi connectivity index (χ3v) is 3.18. The Bertz CT molecular complexity index is 720. The predicted molar refractivity (Wildman–Crippen MR) is 82.7 cm³/mol. The van der Waals surface area contributed by atoms with Gasteiger partial charge in [-0.3, -0.25) is 10.7 Å². The molecule has 1 aromatic heterocycles. The summed E-state index contributed by atoms with van der Waals surface area (Å²) >= 11 is 1.27. The molecular formula is C13H12N6O2S. The number of aromatic amines is 1. The van der Waals surface area contributed by atoms with E-state index in [1.165, 1.54) is 11.8 Å². The Balaban J connectivity index is 2.27. The van der Waals surface area contributed by atoms with E-state index < -0.39 is 0 Å². The highest BCUT2D eigenvalue weighted by atomic mass is 32.2. The molecule has 0 spiro atoms. The van der Waals surface area contributed by atoms with Gasteiger partial charge in [-0.15, -0.1) is 11.5 Å². The van der Waals surface area contributed by atoms with Crippen molar-refractivity contribution in [1.82, 2.24) is 20.7 Å². The van der Waals surface area contributed by atoms with Crippen LogP contribution in [0.3, 0.4) is 0 Å². The number of benzene rings is 1. The molecule has 112 valence electrons. The van der Waals surface area contributed by atoms with Crippen molar-refractivity contribution >= 4 is 29.3 Å². The van der Waals surface area contributed by atoms with Crippen LogP contribution in [0.15, 0.2) is 45.6 Å². The van der Waals surface area contributed by atoms with Crippen molar-refractivity contribution in [2.75, 3.05) is 5.75 Å². The molecule has 0 unspecified atom stereocenters. The number of nitrogens with one attached hydrogen (secondary N) is 2. The van der Waals surface area contributed by atoms with Gasteiger partial charge >= 0.3 is 0 Å². The average Bonchev–Trinajstić information content (AvgIpc) is 3.01. The fourth-order valence-electron chi connectivity index (χ4n) is 1.53. The first-order valence-electron chi connectivity index (χ1n) is 6.03. The van der Waals surface area contributed by atoms with E-state index in [-0.39, 0.29) is 17.5 Å². The van der Waals surface area contributed by atoms with Gasteiger partial charge in [0, 0.05) is 5.56 Å². The van der Waals surface area contributed by atoms with E-state index in [4.69, 9.17) is 11.6 Å². The van der Waals surface area contributed by atoms with Crippen LogP contribution in [0.2, 0.25) is 0 Å². The lowest BCUT2D eigenvalue weighted by atomic mass is 10.1. The van der Waals surface area contributed by atoms with E-state index in [2.05, 4.69) is 31.2 Å². The van der Waals surface area contributed by atoms with Gasteiger partial charge < -0.3 is 5.21 Å². The van der Waals surface area contributed by atoms with Crippen molar-refractivity contribution in [3.63, 3.8) is 0 Å². The number of rotatable bonds is 5. The van der Waals surface area contributed by atoms with Crippen molar-refractivity contribution in [2.45, 2.75) is 5.16 Å². The molecule has 4 N–H and O–H groups in total. The Morgan fingerprint density at radius 3 is 2.82 bits per heavy atom. The van der Waals surface area contributed by atoms with Gasteiger partial charge in [0.15, 0.2) is 11.5 Å². The van der Waals surface area contributed by atoms with Crippen LogP contribution in [-0.2, 0) is 0 Å². The molecule has 2 rings (SSSR count). The van der Waals surface area contributed by atoms with Crippen LogP contribution < -0.4 is 5.48 Å². The lowest BCUT2D eigenvalue weighted by Gasteiger charge is -2.05. The summed E-state index contributed by atoms with van der Waals surface area (Å²) in [5, 5.41) is 28.5. The van der Waals surface area contributed by atoms with E-state index in [9.17, 15) is 5.21 Å². The Morgan fingerprint density at radius 2 is 2.18 bits per heavy atom. The van der Waals surface area contributed by atoms with Crippen molar-refractivity contribution in [1.29, 1.82) is 0 Å². The third-order valence-electron chi connectivity index (χ3n) is 2.43. The molecule has 9 heteroatoms. The Labute approximate surface area is 130 Å². The molecule has 0 atom stereocenters.